The van der Waals surface area contributed by atoms with Crippen LogP contribution in [0.4, 0.5) is 18.0 Å². The number of ether oxygens (including phenoxy) is 1. The normalized spacial score (nSPS) is 12.1. The third kappa shape index (κ3) is 4.73. The Balaban J connectivity index is 2.16. The van der Waals surface area contributed by atoms with Crippen molar-refractivity contribution < 1.29 is 22.7 Å². The molecule has 7 heteroatoms. The SMILES string of the molecule is CN(C(=O)OCc1ccccc1)C(c1ccc(C#N)cc1)C(F)(F)F. The van der Waals surface area contributed by atoms with Crippen LogP contribution < -0.4 is 0 Å². The summed E-state index contributed by atoms with van der Waals surface area (Å²) in [5, 5.41) is 8.75. The van der Waals surface area contributed by atoms with Crippen molar-refractivity contribution in [3.8, 4) is 6.07 Å². The van der Waals surface area contributed by atoms with E-state index in [2.05, 4.69) is 0 Å². The van der Waals surface area contributed by atoms with Gasteiger partial charge >= 0.3 is 12.3 Å². The third-order valence-electron chi connectivity index (χ3n) is 3.55. The first-order valence-corrected chi connectivity index (χ1v) is 7.33. The van der Waals surface area contributed by atoms with Crippen molar-refractivity contribution in [3.05, 3.63) is 71.3 Å². The van der Waals surface area contributed by atoms with Crippen LogP contribution in [0.2, 0.25) is 0 Å². The lowest BCUT2D eigenvalue weighted by Crippen LogP contribution is -2.40. The summed E-state index contributed by atoms with van der Waals surface area (Å²) in [7, 11) is 1.03. The number of carbonyl (C=O) groups is 1. The molecule has 130 valence electrons. The van der Waals surface area contributed by atoms with Gasteiger partial charge in [0.1, 0.15) is 6.61 Å². The molecule has 0 N–H and O–H groups in total. The van der Waals surface area contributed by atoms with Gasteiger partial charge in [-0.05, 0) is 23.3 Å². The van der Waals surface area contributed by atoms with E-state index in [0.717, 1.165) is 7.05 Å². The fraction of sp³-hybridized carbons (Fsp3) is 0.222. The van der Waals surface area contributed by atoms with Crippen molar-refractivity contribution >= 4 is 6.09 Å². The Bertz CT molecular complexity index is 753. The molecular formula is C18H15F3N2O2. The van der Waals surface area contributed by atoms with Crippen molar-refractivity contribution in [2.24, 2.45) is 0 Å². The molecule has 0 saturated heterocycles. The molecule has 0 bridgehead atoms. The lowest BCUT2D eigenvalue weighted by molar-refractivity contribution is -0.178. The summed E-state index contributed by atoms with van der Waals surface area (Å²) in [6.07, 6.45) is -5.77. The molecule has 2 rings (SSSR count). The molecule has 0 radical (unpaired) electrons. The molecule has 4 nitrogen and oxygen atoms in total. The first kappa shape index (κ1) is 18.3. The van der Waals surface area contributed by atoms with Gasteiger partial charge in [-0.2, -0.15) is 18.4 Å². The van der Waals surface area contributed by atoms with Gasteiger partial charge in [0.05, 0.1) is 11.6 Å². The van der Waals surface area contributed by atoms with E-state index in [9.17, 15) is 18.0 Å². The van der Waals surface area contributed by atoms with Crippen molar-refractivity contribution in [1.29, 1.82) is 5.26 Å². The minimum Gasteiger partial charge on any atom is -0.445 e. The molecule has 0 aliphatic carbocycles. The van der Waals surface area contributed by atoms with Crippen LogP contribution in [0.15, 0.2) is 54.6 Å². The number of hydrogen-bond acceptors (Lipinski definition) is 3. The van der Waals surface area contributed by atoms with Crippen LogP contribution in [0.3, 0.4) is 0 Å². The Morgan fingerprint density at radius 2 is 1.76 bits per heavy atom. The number of benzene rings is 2. The number of halogens is 3. The highest BCUT2D eigenvalue weighted by atomic mass is 19.4. The molecule has 1 atom stereocenters. The van der Waals surface area contributed by atoms with E-state index in [0.29, 0.717) is 10.5 Å². The molecule has 0 saturated carbocycles. The van der Waals surface area contributed by atoms with E-state index < -0.39 is 18.3 Å². The molecular weight excluding hydrogens is 333 g/mol. The third-order valence-corrected chi connectivity index (χ3v) is 3.55. The second kappa shape index (κ2) is 7.71. The van der Waals surface area contributed by atoms with Crippen LogP contribution in [0, 0.1) is 11.3 Å². The maximum Gasteiger partial charge on any atom is 0.413 e. The highest BCUT2D eigenvalue weighted by Crippen LogP contribution is 2.37. The number of hydrogen-bond donors (Lipinski definition) is 0. The van der Waals surface area contributed by atoms with Gasteiger partial charge in [-0.25, -0.2) is 4.79 Å². The number of nitriles is 1. The van der Waals surface area contributed by atoms with E-state index in [1.54, 1.807) is 30.3 Å². The molecule has 0 aliphatic heterocycles. The number of alkyl halides is 3. The minimum absolute atomic E-state index is 0.123. The van der Waals surface area contributed by atoms with E-state index in [-0.39, 0.29) is 17.7 Å². The molecule has 0 aliphatic rings. The van der Waals surface area contributed by atoms with Crippen LogP contribution >= 0.6 is 0 Å². The Morgan fingerprint density at radius 3 is 2.28 bits per heavy atom. The molecule has 0 aromatic heterocycles. The Hall–Kier alpha value is -3.01. The van der Waals surface area contributed by atoms with Crippen LogP contribution in [0.1, 0.15) is 22.7 Å². The van der Waals surface area contributed by atoms with Crippen LogP contribution in [0.5, 0.6) is 0 Å². The van der Waals surface area contributed by atoms with Crippen molar-refractivity contribution in [3.63, 3.8) is 0 Å². The van der Waals surface area contributed by atoms with Crippen molar-refractivity contribution in [2.75, 3.05) is 7.05 Å². The second-order valence-electron chi connectivity index (χ2n) is 5.33. The summed E-state index contributed by atoms with van der Waals surface area (Å²) >= 11 is 0. The van der Waals surface area contributed by atoms with Gasteiger partial charge in [-0.3, -0.25) is 4.90 Å². The molecule has 2 aromatic rings. The van der Waals surface area contributed by atoms with Gasteiger partial charge in [0.2, 0.25) is 0 Å². The average molecular weight is 348 g/mol. The lowest BCUT2D eigenvalue weighted by Gasteiger charge is -2.29. The summed E-state index contributed by atoms with van der Waals surface area (Å²) in [5.74, 6) is 0. The summed E-state index contributed by atoms with van der Waals surface area (Å²) < 4.78 is 45.3. The van der Waals surface area contributed by atoms with E-state index in [1.807, 2.05) is 6.07 Å². The van der Waals surface area contributed by atoms with E-state index in [1.165, 1.54) is 24.3 Å². The molecule has 0 heterocycles. The van der Waals surface area contributed by atoms with Crippen LogP contribution in [-0.4, -0.2) is 24.2 Å². The zero-order valence-electron chi connectivity index (χ0n) is 13.3. The Kier molecular flexibility index (Phi) is 5.65. The van der Waals surface area contributed by atoms with E-state index >= 15 is 0 Å². The quantitative estimate of drug-likeness (QED) is 0.821. The average Bonchev–Trinajstić information content (AvgIpc) is 2.60. The summed E-state index contributed by atoms with van der Waals surface area (Å²) in [6.45, 7) is -0.123. The fourth-order valence-corrected chi connectivity index (χ4v) is 2.30. The smallest absolute Gasteiger partial charge is 0.413 e. The van der Waals surface area contributed by atoms with Gasteiger partial charge < -0.3 is 4.74 Å². The Morgan fingerprint density at radius 1 is 1.16 bits per heavy atom. The molecule has 2 aromatic carbocycles. The molecule has 0 spiro atoms. The van der Waals surface area contributed by atoms with Gasteiger partial charge in [-0.15, -0.1) is 0 Å². The number of nitrogens with zero attached hydrogens (tertiary/aromatic N) is 2. The predicted molar refractivity (Wildman–Crippen MR) is 84.3 cm³/mol. The lowest BCUT2D eigenvalue weighted by atomic mass is 10.0. The standard InChI is InChI=1S/C18H15F3N2O2/c1-23(17(24)25-12-14-5-3-2-4-6-14)16(18(19,20)21)15-9-7-13(11-22)8-10-15/h2-10,16H,12H2,1H3. The maximum atomic E-state index is 13.4. The van der Waals surface area contributed by atoms with Gasteiger partial charge in [-0.1, -0.05) is 42.5 Å². The molecule has 0 fully saturated rings. The van der Waals surface area contributed by atoms with Crippen molar-refractivity contribution in [1.82, 2.24) is 4.90 Å². The first-order valence-electron chi connectivity index (χ1n) is 7.33. The monoisotopic (exact) mass is 348 g/mol. The summed E-state index contributed by atoms with van der Waals surface area (Å²) in [4.78, 5) is 12.6. The highest BCUT2D eigenvalue weighted by molar-refractivity contribution is 5.68. The predicted octanol–water partition coefficient (Wildman–Crippen LogP) is 4.43. The number of carbonyl (C=O) groups excluding carboxylic acids is 1. The Labute approximate surface area is 143 Å². The van der Waals surface area contributed by atoms with Crippen molar-refractivity contribution in [2.45, 2.75) is 18.8 Å². The van der Waals surface area contributed by atoms with Gasteiger partial charge in [0, 0.05) is 7.05 Å². The summed E-state index contributed by atoms with van der Waals surface area (Å²) in [5.41, 5.74) is 0.760. The minimum atomic E-state index is -4.69. The molecule has 1 amide bonds. The van der Waals surface area contributed by atoms with Gasteiger partial charge in [0.15, 0.2) is 6.04 Å². The molecule has 1 unspecified atom stereocenters. The summed E-state index contributed by atoms with van der Waals surface area (Å²) in [6, 6.07) is 13.2. The number of rotatable bonds is 4. The fourth-order valence-electron chi connectivity index (χ4n) is 2.30. The first-order chi connectivity index (χ1) is 11.8. The topological polar surface area (TPSA) is 53.3 Å². The second-order valence-corrected chi connectivity index (χ2v) is 5.33. The number of amides is 1. The zero-order valence-corrected chi connectivity index (χ0v) is 13.3. The van der Waals surface area contributed by atoms with Crippen LogP contribution in [0.25, 0.3) is 0 Å². The largest absolute Gasteiger partial charge is 0.445 e. The maximum absolute atomic E-state index is 13.4. The molecule has 25 heavy (non-hydrogen) atoms. The van der Waals surface area contributed by atoms with Crippen LogP contribution in [-0.2, 0) is 11.3 Å². The van der Waals surface area contributed by atoms with Gasteiger partial charge in [0.25, 0.3) is 0 Å². The highest BCUT2D eigenvalue weighted by Gasteiger charge is 2.45. The van der Waals surface area contributed by atoms with E-state index in [4.69, 9.17) is 10.00 Å². The zero-order chi connectivity index (χ0) is 18.4.